The molecule has 0 aliphatic rings. The van der Waals surface area contributed by atoms with Gasteiger partial charge in [-0.15, -0.1) is 43.6 Å². The Balaban J connectivity index is 0.00000175. The molecular formula is C45H57Cl2N8O5Zn+. The minimum absolute atomic E-state index is 0. The molecule has 13 nitrogen and oxygen atoms in total. The molecule has 6 rings (SSSR count). The molecule has 0 fully saturated rings. The second-order valence-electron chi connectivity index (χ2n) is 18.2. The summed E-state index contributed by atoms with van der Waals surface area (Å²) in [4.78, 5) is 26.1. The molecule has 61 heavy (non-hydrogen) atoms. The van der Waals surface area contributed by atoms with Gasteiger partial charge >= 0.3 is 19.5 Å². The molecule has 0 atom stereocenters. The van der Waals surface area contributed by atoms with E-state index in [1.165, 1.54) is 9.59 Å². The monoisotopic (exact) mass is 923 g/mol. The van der Waals surface area contributed by atoms with Gasteiger partial charge in [0.2, 0.25) is 0 Å². The molecule has 2 heterocycles. The number of aliphatic imine (C=N–C) groups is 2. The van der Waals surface area contributed by atoms with E-state index >= 15 is 0 Å². The number of halogens is 2. The van der Waals surface area contributed by atoms with E-state index in [0.29, 0.717) is 35.6 Å². The molecule has 0 spiro atoms. The van der Waals surface area contributed by atoms with Gasteiger partial charge in [-0.05, 0) is 93.2 Å². The molecule has 6 aromatic rings. The first-order valence-electron chi connectivity index (χ1n) is 19.4. The Bertz CT molecular complexity index is 2180. The fourth-order valence-corrected chi connectivity index (χ4v) is 7.77. The third kappa shape index (κ3) is 13.9. The smallest absolute Gasteiger partial charge is 0.871 e. The van der Waals surface area contributed by atoms with Crippen LogP contribution in [0.15, 0.2) is 82.8 Å². The third-order valence-electron chi connectivity index (χ3n) is 9.53. The Morgan fingerprint density at radius 1 is 0.574 bits per heavy atom. The first-order chi connectivity index (χ1) is 27.7. The summed E-state index contributed by atoms with van der Waals surface area (Å²) in [5, 5.41) is 46.5. The van der Waals surface area contributed by atoms with Crippen LogP contribution in [0.4, 0.5) is 0 Å². The minimum atomic E-state index is -0.233. The van der Waals surface area contributed by atoms with Gasteiger partial charge in [0, 0.05) is 22.4 Å². The van der Waals surface area contributed by atoms with Crippen molar-refractivity contribution in [3.8, 4) is 22.9 Å². The van der Waals surface area contributed by atoms with Crippen LogP contribution in [-0.4, -0.2) is 60.8 Å². The van der Waals surface area contributed by atoms with Crippen molar-refractivity contribution in [1.29, 1.82) is 0 Å². The molecule has 0 saturated heterocycles. The molecule has 0 aliphatic carbocycles. The molecule has 0 unspecified atom stereocenters. The van der Waals surface area contributed by atoms with Gasteiger partial charge < -0.3 is 15.7 Å². The Hall–Kier alpha value is -4.62. The van der Waals surface area contributed by atoms with Crippen molar-refractivity contribution in [2.75, 3.05) is 18.4 Å². The van der Waals surface area contributed by atoms with Gasteiger partial charge in [0.05, 0.1) is 29.8 Å². The predicted molar refractivity (Wildman–Crippen MR) is 244 cm³/mol. The number of hydrogen-bond acceptors (Lipinski definition) is 10. The summed E-state index contributed by atoms with van der Waals surface area (Å²) >= 11 is 9.53. The minimum Gasteiger partial charge on any atom is -0.871 e. The molecule has 0 saturated carbocycles. The number of aromatic nitrogens is 6. The van der Waals surface area contributed by atoms with E-state index < -0.39 is 0 Å². The van der Waals surface area contributed by atoms with Crippen LogP contribution in [0.25, 0.3) is 33.4 Å². The number of rotatable bonds is 11. The van der Waals surface area contributed by atoms with Crippen molar-refractivity contribution < 1.29 is 35.2 Å². The first kappa shape index (κ1) is 52.5. The summed E-state index contributed by atoms with van der Waals surface area (Å²) in [5.41, 5.74) is 6.28. The van der Waals surface area contributed by atoms with Crippen molar-refractivity contribution in [1.82, 2.24) is 30.0 Å². The van der Waals surface area contributed by atoms with Gasteiger partial charge in [-0.1, -0.05) is 117 Å². The zero-order valence-electron chi connectivity index (χ0n) is 36.9. The zero-order valence-corrected chi connectivity index (χ0v) is 41.3. The van der Waals surface area contributed by atoms with Crippen molar-refractivity contribution in [3.05, 3.63) is 105 Å². The van der Waals surface area contributed by atoms with Crippen molar-refractivity contribution >= 4 is 57.7 Å². The summed E-state index contributed by atoms with van der Waals surface area (Å²) in [6.07, 6.45) is 5.06. The van der Waals surface area contributed by atoms with Gasteiger partial charge in [0.15, 0.2) is 0 Å². The number of fused-ring (bicyclic) bond motifs is 2. The van der Waals surface area contributed by atoms with Crippen LogP contribution in [-0.2, 0) is 35.8 Å². The Morgan fingerprint density at radius 3 is 1.11 bits per heavy atom. The van der Waals surface area contributed by atoms with E-state index in [0.717, 1.165) is 46.0 Å². The van der Waals surface area contributed by atoms with E-state index in [2.05, 4.69) is 99.6 Å². The van der Waals surface area contributed by atoms with Gasteiger partial charge in [-0.25, -0.2) is 0 Å². The van der Waals surface area contributed by atoms with E-state index in [-0.39, 0.29) is 63.5 Å². The topological polar surface area (TPSA) is 199 Å². The number of hydrogen-bond donors (Lipinski definition) is 0. The van der Waals surface area contributed by atoms with Crippen LogP contribution in [0.2, 0.25) is 0 Å². The second-order valence-corrected chi connectivity index (χ2v) is 19.0. The van der Waals surface area contributed by atoms with E-state index in [4.69, 9.17) is 33.1 Å². The largest absolute Gasteiger partial charge is 2.00 e. The first-order valence-corrected chi connectivity index (χ1v) is 20.4. The maximum atomic E-state index is 13.9. The average Bonchev–Trinajstić information content (AvgIpc) is 3.78. The summed E-state index contributed by atoms with van der Waals surface area (Å²) in [7, 11) is 0. The SMILES string of the molecule is CC(C)(C)CC(C)(C)c1cc(C=NCCN=Cc2cc(C(C)(C)CC(C)(C)C)cc(-n3nc4ccccc4n3)c2[O-])c([O-])c(-n2nc3ccccc3n2)c1.ClCCl.O=O.[OH3+].[Zn+2]. The van der Waals surface area contributed by atoms with Crippen LogP contribution >= 0.6 is 23.2 Å². The van der Waals surface area contributed by atoms with E-state index in [1.807, 2.05) is 72.8 Å². The van der Waals surface area contributed by atoms with Gasteiger partial charge in [-0.3, -0.25) is 9.98 Å². The zero-order chi connectivity index (χ0) is 43.8. The normalized spacial score (nSPS) is 12.1. The molecule has 0 radical (unpaired) electrons. The fourth-order valence-electron chi connectivity index (χ4n) is 7.77. The molecule has 0 aliphatic heterocycles. The van der Waals surface area contributed by atoms with Gasteiger partial charge in [0.1, 0.15) is 22.1 Å². The quantitative estimate of drug-likeness (QED) is 0.0403. The molecule has 0 bridgehead atoms. The van der Waals surface area contributed by atoms with Crippen LogP contribution in [0, 0.1) is 20.8 Å². The third-order valence-corrected chi connectivity index (χ3v) is 9.53. The predicted octanol–water partition coefficient (Wildman–Crippen LogP) is 8.83. The number of alkyl halides is 2. The van der Waals surface area contributed by atoms with Crippen molar-refractivity contribution in [2.45, 2.75) is 92.9 Å². The van der Waals surface area contributed by atoms with Crippen molar-refractivity contribution in [3.63, 3.8) is 0 Å². The molecule has 3 N–H and O–H groups in total. The Kier molecular flexibility index (Phi) is 18.9. The second kappa shape index (κ2) is 22.0. The molecule has 2 aromatic heterocycles. The molecule has 4 aromatic carbocycles. The molecule has 16 heteroatoms. The summed E-state index contributed by atoms with van der Waals surface area (Å²) < 4.78 is 0. The summed E-state index contributed by atoms with van der Waals surface area (Å²) in [6, 6.07) is 22.9. The van der Waals surface area contributed by atoms with Gasteiger partial charge in [0.25, 0.3) is 0 Å². The fraction of sp³-hybridized carbons (Fsp3) is 0.422. The molecular weight excluding hydrogens is 869 g/mol. The Morgan fingerprint density at radius 2 is 0.852 bits per heavy atom. The van der Waals surface area contributed by atoms with Crippen LogP contribution in [0.1, 0.15) is 104 Å². The van der Waals surface area contributed by atoms with E-state index in [9.17, 15) is 10.2 Å². The average molecular weight is 926 g/mol. The summed E-state index contributed by atoms with van der Waals surface area (Å²) in [6.45, 7) is 22.8. The number of benzene rings is 4. The maximum absolute atomic E-state index is 13.9. The summed E-state index contributed by atoms with van der Waals surface area (Å²) in [5.74, 6) is -0.396. The van der Waals surface area contributed by atoms with Crippen LogP contribution in [0.3, 0.4) is 0 Å². The van der Waals surface area contributed by atoms with Crippen LogP contribution < -0.4 is 10.2 Å². The molecule has 322 valence electrons. The van der Waals surface area contributed by atoms with Gasteiger partial charge in [-0.2, -0.15) is 9.59 Å². The van der Waals surface area contributed by atoms with Crippen LogP contribution in [0.5, 0.6) is 11.5 Å². The Labute approximate surface area is 381 Å². The van der Waals surface area contributed by atoms with Crippen molar-refractivity contribution in [2.24, 2.45) is 20.8 Å². The number of nitrogens with zero attached hydrogens (tertiary/aromatic N) is 8. The van der Waals surface area contributed by atoms with E-state index in [1.54, 1.807) is 12.4 Å². The maximum Gasteiger partial charge on any atom is 2.00 e. The standard InChI is InChI=1S/C44H54N8O2.CH2Cl2.O2.H2O.Zn/c1-41(2,3)27-43(7,8)31-21-29(39(53)37(23-31)51-47-33-15-11-12-16-34(33)48-51)25-45-19-20-46-26-30-22-32(44(9,10)28-42(4,5)6)24-38(40(30)54)52-49-35-17-13-14-18-36(35)50-52;2-1-3;1-2;;/h11-18,21-26,53-54H,19-20,27-28H2,1-10H3;1H2;;1H2;/q;;;;+2/p-1. The molecule has 0 amide bonds.